The average molecular weight is 427 g/mol. The Morgan fingerprint density at radius 2 is 2.04 bits per heavy atom. The van der Waals surface area contributed by atoms with E-state index in [0.717, 1.165) is 5.56 Å². The maximum absolute atomic E-state index is 12.8. The molecule has 0 aliphatic carbocycles. The first-order chi connectivity index (χ1) is 12.9. The molecule has 0 radical (unpaired) electrons. The Hall–Kier alpha value is -1.61. The topological polar surface area (TPSA) is 75.7 Å². The molecule has 1 aromatic carbocycles. The number of rotatable bonds is 4. The minimum Gasteiger partial charge on any atom is -0.480 e. The van der Waals surface area contributed by atoms with E-state index in [1.807, 2.05) is 6.07 Å². The van der Waals surface area contributed by atoms with Gasteiger partial charge in [0.15, 0.2) is 6.10 Å². The number of likely N-dealkylation sites (tertiary alicyclic amines) is 1. The molecule has 1 N–H and O–H groups in total. The minimum atomic E-state index is -3.48. The number of sulfonamides is 1. The van der Waals surface area contributed by atoms with Crippen LogP contribution in [0.3, 0.4) is 0 Å². The monoisotopic (exact) mass is 426 g/mol. The van der Waals surface area contributed by atoms with E-state index >= 15 is 0 Å². The van der Waals surface area contributed by atoms with E-state index in [0.29, 0.717) is 47.3 Å². The van der Waals surface area contributed by atoms with E-state index < -0.39 is 16.1 Å². The fourth-order valence-electron chi connectivity index (χ4n) is 3.47. The third kappa shape index (κ3) is 3.99. The molecule has 144 valence electrons. The highest BCUT2D eigenvalue weighted by molar-refractivity contribution is 7.91. The molecule has 0 saturated carbocycles. The van der Waals surface area contributed by atoms with Gasteiger partial charge in [-0.2, -0.15) is 0 Å². The van der Waals surface area contributed by atoms with Gasteiger partial charge >= 0.3 is 0 Å². The molecular weight excluding hydrogens is 408 g/mol. The quantitative estimate of drug-likeness (QED) is 0.815. The zero-order valence-corrected chi connectivity index (χ0v) is 16.8. The van der Waals surface area contributed by atoms with Crippen LogP contribution >= 0.6 is 22.9 Å². The zero-order valence-electron chi connectivity index (χ0n) is 14.4. The molecule has 1 saturated heterocycles. The normalized spacial score (nSPS) is 20.3. The van der Waals surface area contributed by atoms with Gasteiger partial charge < -0.3 is 9.64 Å². The largest absolute Gasteiger partial charge is 0.480 e. The highest BCUT2D eigenvalue weighted by Crippen LogP contribution is 2.32. The Kier molecular flexibility index (Phi) is 5.15. The van der Waals surface area contributed by atoms with Crippen LogP contribution in [0.15, 0.2) is 39.9 Å². The molecule has 2 aliphatic heterocycles. The molecular formula is C18H19ClN2O4S2. The number of nitrogens with one attached hydrogen (secondary N) is 1. The molecule has 4 rings (SSSR count). The van der Waals surface area contributed by atoms with Crippen LogP contribution in [0.25, 0.3) is 0 Å². The van der Waals surface area contributed by atoms with Crippen molar-refractivity contribution in [3.8, 4) is 5.75 Å². The number of fused-ring (bicyclic) bond motifs is 1. The summed E-state index contributed by atoms with van der Waals surface area (Å²) in [6.45, 7) is 1.01. The van der Waals surface area contributed by atoms with E-state index in [1.165, 1.54) is 11.3 Å². The summed E-state index contributed by atoms with van der Waals surface area (Å²) in [5, 5.41) is 2.37. The van der Waals surface area contributed by atoms with Crippen LogP contribution < -0.4 is 9.46 Å². The number of piperidine rings is 1. The van der Waals surface area contributed by atoms with Crippen molar-refractivity contribution >= 4 is 38.9 Å². The second kappa shape index (κ2) is 7.43. The third-order valence-electron chi connectivity index (χ3n) is 4.86. The predicted octanol–water partition coefficient (Wildman–Crippen LogP) is 2.67. The highest BCUT2D eigenvalue weighted by Gasteiger charge is 2.35. The standard InChI is InChI=1S/C18H19ClN2O4S2/c19-13-3-4-15-12(10-13)11-16(25-15)18(22)21-7-5-14(6-8-21)20-27(23,24)17-2-1-9-26-17/h1-4,9-10,14,16,20H,5-8,11H2/t16-/m0/s1. The van der Waals surface area contributed by atoms with Crippen molar-refractivity contribution < 1.29 is 17.9 Å². The summed E-state index contributed by atoms with van der Waals surface area (Å²) < 4.78 is 33.5. The van der Waals surface area contributed by atoms with Gasteiger partial charge in [0.1, 0.15) is 9.96 Å². The molecule has 0 bridgehead atoms. The molecule has 2 aromatic rings. The van der Waals surface area contributed by atoms with E-state index in [2.05, 4.69) is 4.72 Å². The van der Waals surface area contributed by atoms with Crippen LogP contribution in [0, 0.1) is 0 Å². The predicted molar refractivity (Wildman–Crippen MR) is 104 cm³/mol. The summed E-state index contributed by atoms with van der Waals surface area (Å²) in [7, 11) is -3.48. The van der Waals surface area contributed by atoms with Crippen molar-refractivity contribution in [3.63, 3.8) is 0 Å². The number of ether oxygens (including phenoxy) is 1. The first kappa shape index (κ1) is 18.7. The molecule has 6 nitrogen and oxygen atoms in total. The summed E-state index contributed by atoms with van der Waals surface area (Å²) in [6, 6.07) is 8.51. The van der Waals surface area contributed by atoms with Crippen LogP contribution in [0.2, 0.25) is 5.02 Å². The Balaban J connectivity index is 1.33. The fourth-order valence-corrected chi connectivity index (χ4v) is 5.98. The van der Waals surface area contributed by atoms with Crippen molar-refractivity contribution in [3.05, 3.63) is 46.3 Å². The van der Waals surface area contributed by atoms with Crippen LogP contribution in [0.1, 0.15) is 18.4 Å². The van der Waals surface area contributed by atoms with Crippen LogP contribution in [0.5, 0.6) is 5.75 Å². The van der Waals surface area contributed by atoms with Gasteiger partial charge in [-0.15, -0.1) is 11.3 Å². The van der Waals surface area contributed by atoms with Crippen molar-refractivity contribution in [2.24, 2.45) is 0 Å². The summed E-state index contributed by atoms with van der Waals surface area (Å²) in [5.74, 6) is 0.651. The molecule has 2 aliphatic rings. The lowest BCUT2D eigenvalue weighted by molar-refractivity contribution is -0.139. The second-order valence-corrected chi connectivity index (χ2v) is 10.0. The van der Waals surface area contributed by atoms with Gasteiger partial charge in [0.2, 0.25) is 10.0 Å². The molecule has 3 heterocycles. The highest BCUT2D eigenvalue weighted by atomic mass is 35.5. The zero-order chi connectivity index (χ0) is 19.0. The number of hydrogen-bond acceptors (Lipinski definition) is 5. The lowest BCUT2D eigenvalue weighted by Gasteiger charge is -2.33. The molecule has 1 aromatic heterocycles. The third-order valence-corrected chi connectivity index (χ3v) is 8.01. The van der Waals surface area contributed by atoms with Crippen molar-refractivity contribution in [2.75, 3.05) is 13.1 Å². The molecule has 0 spiro atoms. The Morgan fingerprint density at radius 1 is 1.26 bits per heavy atom. The number of amides is 1. The SMILES string of the molecule is O=C([C@@H]1Cc2cc(Cl)ccc2O1)N1CCC(NS(=O)(=O)c2cccs2)CC1. The lowest BCUT2D eigenvalue weighted by Crippen LogP contribution is -2.49. The summed E-state index contributed by atoms with van der Waals surface area (Å²) >= 11 is 7.19. The number of hydrogen-bond donors (Lipinski definition) is 1. The lowest BCUT2D eigenvalue weighted by atomic mass is 10.0. The van der Waals surface area contributed by atoms with Gasteiger partial charge in [-0.25, -0.2) is 13.1 Å². The van der Waals surface area contributed by atoms with E-state index in [4.69, 9.17) is 16.3 Å². The maximum Gasteiger partial charge on any atom is 0.263 e. The Labute approximate surface area is 167 Å². The van der Waals surface area contributed by atoms with Crippen LogP contribution in [-0.2, 0) is 21.2 Å². The average Bonchev–Trinajstić information content (AvgIpc) is 3.31. The fraction of sp³-hybridized carbons (Fsp3) is 0.389. The number of thiophene rings is 1. The van der Waals surface area contributed by atoms with Crippen LogP contribution in [0.4, 0.5) is 0 Å². The number of carbonyl (C=O) groups excluding carboxylic acids is 1. The Morgan fingerprint density at radius 3 is 2.74 bits per heavy atom. The van der Waals surface area contributed by atoms with Crippen LogP contribution in [-0.4, -0.2) is 44.5 Å². The maximum atomic E-state index is 12.8. The van der Waals surface area contributed by atoms with E-state index in [1.54, 1.807) is 34.5 Å². The summed E-state index contributed by atoms with van der Waals surface area (Å²) in [5.41, 5.74) is 0.944. The summed E-state index contributed by atoms with van der Waals surface area (Å²) in [4.78, 5) is 14.5. The molecule has 9 heteroatoms. The van der Waals surface area contributed by atoms with Gasteiger partial charge in [0, 0.05) is 30.6 Å². The van der Waals surface area contributed by atoms with Gasteiger partial charge in [-0.3, -0.25) is 4.79 Å². The smallest absolute Gasteiger partial charge is 0.263 e. The summed E-state index contributed by atoms with van der Waals surface area (Å²) in [6.07, 6.45) is 1.15. The van der Waals surface area contributed by atoms with Gasteiger partial charge in [-0.1, -0.05) is 17.7 Å². The molecule has 1 amide bonds. The first-order valence-electron chi connectivity index (χ1n) is 8.72. The Bertz CT molecular complexity index is 938. The van der Waals surface area contributed by atoms with E-state index in [-0.39, 0.29) is 11.9 Å². The van der Waals surface area contributed by atoms with Gasteiger partial charge in [0.05, 0.1) is 0 Å². The number of benzene rings is 1. The van der Waals surface area contributed by atoms with Crippen molar-refractivity contribution in [2.45, 2.75) is 35.6 Å². The second-order valence-electron chi connectivity index (χ2n) is 6.72. The molecule has 27 heavy (non-hydrogen) atoms. The number of carbonyl (C=O) groups is 1. The van der Waals surface area contributed by atoms with Gasteiger partial charge in [-0.05, 0) is 48.1 Å². The van der Waals surface area contributed by atoms with Gasteiger partial charge in [0.25, 0.3) is 5.91 Å². The van der Waals surface area contributed by atoms with Crippen molar-refractivity contribution in [1.29, 1.82) is 0 Å². The molecule has 1 fully saturated rings. The number of halogens is 1. The minimum absolute atomic E-state index is 0.0538. The van der Waals surface area contributed by atoms with E-state index in [9.17, 15) is 13.2 Å². The number of nitrogens with zero attached hydrogens (tertiary/aromatic N) is 1. The first-order valence-corrected chi connectivity index (χ1v) is 11.5. The molecule has 0 unspecified atom stereocenters. The van der Waals surface area contributed by atoms with Crippen molar-refractivity contribution in [1.82, 2.24) is 9.62 Å². The molecule has 1 atom stereocenters.